The number of benzene rings is 1. The highest BCUT2D eigenvalue weighted by Gasteiger charge is 2.78. The van der Waals surface area contributed by atoms with Gasteiger partial charge in [-0.2, -0.15) is 0 Å². The summed E-state index contributed by atoms with van der Waals surface area (Å²) < 4.78 is 22.9. The fourth-order valence-corrected chi connectivity index (χ4v) is 6.38. The van der Waals surface area contributed by atoms with Gasteiger partial charge in [0.2, 0.25) is 0 Å². The zero-order chi connectivity index (χ0) is 18.8. The van der Waals surface area contributed by atoms with Crippen LogP contribution >= 0.6 is 0 Å². The number of esters is 1. The Hall–Kier alpha value is -2.09. The largest absolute Gasteiger partial charge is 0.496 e. The molecule has 0 radical (unpaired) electrons. The number of carbonyl (C=O) groups excluding carboxylic acids is 1. The molecule has 6 rings (SSSR count). The zero-order valence-corrected chi connectivity index (χ0v) is 15.0. The maximum atomic E-state index is 12.8. The molecular formula is C20H20O7. The first-order chi connectivity index (χ1) is 12.8. The van der Waals surface area contributed by atoms with Crippen molar-refractivity contribution in [2.75, 3.05) is 13.7 Å². The van der Waals surface area contributed by atoms with Crippen LogP contribution in [0.4, 0.5) is 0 Å². The lowest BCUT2D eigenvalue weighted by atomic mass is 9.48. The van der Waals surface area contributed by atoms with E-state index in [1.807, 2.05) is 12.1 Å². The summed E-state index contributed by atoms with van der Waals surface area (Å²) >= 11 is 0. The number of carbonyl (C=O) groups is 1. The van der Waals surface area contributed by atoms with E-state index in [2.05, 4.69) is 0 Å². The van der Waals surface area contributed by atoms with Gasteiger partial charge >= 0.3 is 5.97 Å². The molecule has 1 aromatic heterocycles. The lowest BCUT2D eigenvalue weighted by Gasteiger charge is -2.52. The van der Waals surface area contributed by atoms with Crippen LogP contribution in [0, 0.1) is 11.3 Å². The van der Waals surface area contributed by atoms with Crippen molar-refractivity contribution in [3.8, 4) is 5.75 Å². The van der Waals surface area contributed by atoms with E-state index in [1.54, 1.807) is 20.3 Å². The molecule has 142 valence electrons. The highest BCUT2D eigenvalue weighted by atomic mass is 16.6. The Kier molecular flexibility index (Phi) is 2.64. The normalized spacial score (nSPS) is 44.1. The fraction of sp³-hybridized carbons (Fsp3) is 0.550. The van der Waals surface area contributed by atoms with Gasteiger partial charge < -0.3 is 28.8 Å². The first kappa shape index (κ1) is 15.9. The van der Waals surface area contributed by atoms with Crippen LogP contribution in [-0.4, -0.2) is 47.9 Å². The molecule has 3 fully saturated rings. The average Bonchev–Trinajstić information content (AvgIpc) is 3.31. The molecule has 0 unspecified atom stereocenters. The predicted molar refractivity (Wildman–Crippen MR) is 91.2 cm³/mol. The summed E-state index contributed by atoms with van der Waals surface area (Å²) in [7, 11) is 1.61. The molecule has 1 saturated carbocycles. The minimum absolute atomic E-state index is 0.205. The summed E-state index contributed by atoms with van der Waals surface area (Å²) in [6.07, 6.45) is 0.601. The third-order valence-electron chi connectivity index (χ3n) is 7.42. The van der Waals surface area contributed by atoms with Crippen LogP contribution in [0.1, 0.15) is 24.5 Å². The molecular weight excluding hydrogens is 352 g/mol. The number of rotatable bonds is 1. The third kappa shape index (κ3) is 1.52. The molecule has 1 aromatic carbocycles. The second kappa shape index (κ2) is 4.48. The van der Waals surface area contributed by atoms with Crippen LogP contribution in [0.25, 0.3) is 11.0 Å². The zero-order valence-electron chi connectivity index (χ0n) is 15.0. The summed E-state index contributed by atoms with van der Waals surface area (Å²) in [5.41, 5.74) is 0.746. The summed E-state index contributed by atoms with van der Waals surface area (Å²) in [5, 5.41) is 22.8. The van der Waals surface area contributed by atoms with Gasteiger partial charge in [0.15, 0.2) is 5.79 Å². The van der Waals surface area contributed by atoms with E-state index in [4.69, 9.17) is 18.6 Å². The maximum Gasteiger partial charge on any atom is 0.315 e. The van der Waals surface area contributed by atoms with Crippen LogP contribution in [0.2, 0.25) is 0 Å². The van der Waals surface area contributed by atoms with E-state index in [0.717, 1.165) is 16.5 Å². The third-order valence-corrected chi connectivity index (χ3v) is 7.42. The molecule has 2 aliphatic carbocycles. The second-order valence-corrected chi connectivity index (χ2v) is 8.55. The Morgan fingerprint density at radius 3 is 2.96 bits per heavy atom. The Morgan fingerprint density at radius 2 is 2.19 bits per heavy atom. The predicted octanol–water partition coefficient (Wildman–Crippen LogP) is 1.27. The van der Waals surface area contributed by atoms with Gasteiger partial charge in [-0.15, -0.1) is 0 Å². The minimum Gasteiger partial charge on any atom is -0.496 e. The van der Waals surface area contributed by atoms with Gasteiger partial charge in [0.1, 0.15) is 29.0 Å². The number of furan rings is 1. The van der Waals surface area contributed by atoms with Crippen molar-refractivity contribution >= 4 is 16.9 Å². The van der Waals surface area contributed by atoms with Crippen LogP contribution < -0.4 is 4.74 Å². The van der Waals surface area contributed by atoms with Gasteiger partial charge in [-0.3, -0.25) is 4.79 Å². The van der Waals surface area contributed by atoms with Crippen molar-refractivity contribution in [2.45, 2.75) is 43.2 Å². The van der Waals surface area contributed by atoms with Gasteiger partial charge in [0.25, 0.3) is 0 Å². The van der Waals surface area contributed by atoms with Crippen molar-refractivity contribution in [1.29, 1.82) is 0 Å². The first-order valence-corrected chi connectivity index (χ1v) is 9.18. The van der Waals surface area contributed by atoms with Gasteiger partial charge in [-0.1, -0.05) is 0 Å². The van der Waals surface area contributed by atoms with E-state index in [9.17, 15) is 15.0 Å². The second-order valence-electron chi connectivity index (χ2n) is 8.55. The Morgan fingerprint density at radius 1 is 1.37 bits per heavy atom. The van der Waals surface area contributed by atoms with Gasteiger partial charge in [0, 0.05) is 29.7 Å². The average molecular weight is 372 g/mol. The number of aliphatic hydroxyl groups excluding tert-OH is 1. The van der Waals surface area contributed by atoms with Crippen molar-refractivity contribution in [3.05, 3.63) is 29.5 Å². The number of methoxy groups -OCH3 is 1. The SMILES string of the molecule is COc1cc2c(c3occc13)C[C@H]1OC(=O)[C@]3(C)[C@H]1[C@@]21CO[C@@](O)(C1)[C@H]3O. The van der Waals surface area contributed by atoms with E-state index < -0.39 is 34.8 Å². The van der Waals surface area contributed by atoms with E-state index >= 15 is 0 Å². The standard InChI is InChI=1S/C20H20O7/c1-18-15-13(27-17(18)22)5-10-11(6-12(24-2)9-3-4-25-14(9)10)19(15)7-20(23,16(18)21)26-8-19/h3-4,6,13,15-16,21,23H,5,7-8H2,1-2H3/t13-,15+,16+,18-,19+,20+/m1/s1. The molecule has 2 aromatic rings. The lowest BCUT2D eigenvalue weighted by molar-refractivity contribution is -0.263. The molecule has 7 heteroatoms. The summed E-state index contributed by atoms with van der Waals surface area (Å²) in [4.78, 5) is 12.8. The number of fused-ring (bicyclic) bond motifs is 4. The highest BCUT2D eigenvalue weighted by molar-refractivity contribution is 5.90. The van der Waals surface area contributed by atoms with Crippen molar-refractivity contribution in [3.63, 3.8) is 0 Å². The summed E-state index contributed by atoms with van der Waals surface area (Å²) in [5.74, 6) is -1.87. The topological polar surface area (TPSA) is 98.4 Å². The van der Waals surface area contributed by atoms with Crippen molar-refractivity contribution in [2.24, 2.45) is 11.3 Å². The van der Waals surface area contributed by atoms with Crippen LogP contribution in [-0.2, 0) is 26.1 Å². The Labute approximate surface area is 154 Å². The molecule has 1 spiro atoms. The highest BCUT2D eigenvalue weighted by Crippen LogP contribution is 2.67. The molecule has 3 heterocycles. The van der Waals surface area contributed by atoms with E-state index in [-0.39, 0.29) is 18.9 Å². The molecule has 0 amide bonds. The smallest absolute Gasteiger partial charge is 0.315 e. The fourth-order valence-electron chi connectivity index (χ4n) is 6.38. The molecule has 4 aliphatic rings. The summed E-state index contributed by atoms with van der Waals surface area (Å²) in [6.45, 7) is 1.89. The minimum atomic E-state index is -1.78. The van der Waals surface area contributed by atoms with Gasteiger partial charge in [-0.25, -0.2) is 0 Å². The molecule has 7 nitrogen and oxygen atoms in total. The Bertz CT molecular complexity index is 1010. The summed E-state index contributed by atoms with van der Waals surface area (Å²) in [6, 6.07) is 3.83. The molecule has 6 atom stereocenters. The van der Waals surface area contributed by atoms with Crippen molar-refractivity contribution < 1.29 is 33.6 Å². The Balaban J connectivity index is 1.70. The number of aliphatic hydroxyl groups is 2. The van der Waals surface area contributed by atoms with E-state index in [1.165, 1.54) is 0 Å². The first-order valence-electron chi connectivity index (χ1n) is 9.18. The quantitative estimate of drug-likeness (QED) is 0.728. The molecule has 27 heavy (non-hydrogen) atoms. The van der Waals surface area contributed by atoms with Crippen LogP contribution in [0.3, 0.4) is 0 Å². The van der Waals surface area contributed by atoms with Crippen molar-refractivity contribution in [1.82, 2.24) is 0 Å². The van der Waals surface area contributed by atoms with Gasteiger partial charge in [-0.05, 0) is 24.6 Å². The molecule has 2 bridgehead atoms. The molecule has 2 aliphatic heterocycles. The number of hydrogen-bond donors (Lipinski definition) is 2. The van der Waals surface area contributed by atoms with Crippen LogP contribution in [0.5, 0.6) is 5.75 Å². The maximum absolute atomic E-state index is 12.8. The van der Waals surface area contributed by atoms with E-state index in [0.29, 0.717) is 17.8 Å². The lowest BCUT2D eigenvalue weighted by Crippen LogP contribution is -2.65. The van der Waals surface area contributed by atoms with Gasteiger partial charge in [0.05, 0.1) is 25.4 Å². The molecule has 2 N–H and O–H groups in total. The monoisotopic (exact) mass is 372 g/mol. The van der Waals surface area contributed by atoms with Crippen LogP contribution in [0.15, 0.2) is 22.8 Å². The number of hydrogen-bond acceptors (Lipinski definition) is 7. The molecule has 2 saturated heterocycles. The number of ether oxygens (including phenoxy) is 3.